The van der Waals surface area contributed by atoms with Crippen LogP contribution in [0.4, 0.5) is 4.79 Å². The summed E-state index contributed by atoms with van der Waals surface area (Å²) in [6.07, 6.45) is -0.133. The van der Waals surface area contributed by atoms with Crippen molar-refractivity contribution in [1.29, 1.82) is 0 Å². The van der Waals surface area contributed by atoms with Gasteiger partial charge in [-0.1, -0.05) is 20.8 Å². The molecule has 0 aliphatic heterocycles. The van der Waals surface area contributed by atoms with E-state index in [1.165, 1.54) is 4.90 Å². The summed E-state index contributed by atoms with van der Waals surface area (Å²) in [4.78, 5) is 24.1. The van der Waals surface area contributed by atoms with E-state index in [2.05, 4.69) is 5.32 Å². The van der Waals surface area contributed by atoms with Crippen LogP contribution in [0.3, 0.4) is 0 Å². The van der Waals surface area contributed by atoms with Gasteiger partial charge in [0, 0.05) is 13.1 Å². The maximum absolute atomic E-state index is 12.0. The molecule has 6 nitrogen and oxygen atoms in total. The molecule has 0 radical (unpaired) electrons. The van der Waals surface area contributed by atoms with Crippen LogP contribution in [-0.4, -0.2) is 52.3 Å². The molecule has 0 aromatic carbocycles. The number of likely N-dealkylation sites (N-methyl/N-ethyl adjacent to an activating group) is 1. The van der Waals surface area contributed by atoms with Gasteiger partial charge in [-0.05, 0) is 19.3 Å². The largest absolute Gasteiger partial charge is 0.481 e. The molecule has 0 heterocycles. The molecule has 3 N–H and O–H groups in total. The normalized spacial score (nSPS) is 13.8. The van der Waals surface area contributed by atoms with Crippen LogP contribution >= 0.6 is 0 Å². The second kappa shape index (κ2) is 6.23. The highest BCUT2D eigenvalue weighted by molar-refractivity contribution is 5.76. The Labute approximate surface area is 114 Å². The van der Waals surface area contributed by atoms with Crippen molar-refractivity contribution in [1.82, 2.24) is 10.2 Å². The van der Waals surface area contributed by atoms with Crippen LogP contribution < -0.4 is 5.32 Å². The van der Waals surface area contributed by atoms with Gasteiger partial charge in [-0.3, -0.25) is 4.79 Å². The summed E-state index contributed by atoms with van der Waals surface area (Å²) in [6, 6.07) is -0.856. The summed E-state index contributed by atoms with van der Waals surface area (Å²) in [6.45, 7) is 9.00. The van der Waals surface area contributed by atoms with Crippen molar-refractivity contribution >= 4 is 12.0 Å². The maximum Gasteiger partial charge on any atom is 0.317 e. The number of nitrogens with zero attached hydrogens (tertiary/aromatic N) is 1. The van der Waals surface area contributed by atoms with Crippen LogP contribution in [0.1, 0.15) is 41.0 Å². The van der Waals surface area contributed by atoms with E-state index in [0.717, 1.165) is 0 Å². The molecule has 1 unspecified atom stereocenters. The molecule has 19 heavy (non-hydrogen) atoms. The summed E-state index contributed by atoms with van der Waals surface area (Å²) < 4.78 is 0. The van der Waals surface area contributed by atoms with Gasteiger partial charge in [0.05, 0.1) is 18.6 Å². The highest BCUT2D eigenvalue weighted by atomic mass is 16.4. The number of aliphatic carboxylic acids is 1. The van der Waals surface area contributed by atoms with Gasteiger partial charge in [0.2, 0.25) is 0 Å². The van der Waals surface area contributed by atoms with Crippen LogP contribution in [0.2, 0.25) is 0 Å². The summed E-state index contributed by atoms with van der Waals surface area (Å²) in [7, 11) is 1.56. The van der Waals surface area contributed by atoms with Gasteiger partial charge in [0.15, 0.2) is 0 Å². The molecule has 0 spiro atoms. The number of hydrogen-bond acceptors (Lipinski definition) is 3. The Kier molecular flexibility index (Phi) is 5.81. The molecule has 0 aromatic heterocycles. The van der Waals surface area contributed by atoms with Crippen LogP contribution in [0.25, 0.3) is 0 Å². The average Bonchev–Trinajstić information content (AvgIpc) is 2.11. The van der Waals surface area contributed by atoms with Gasteiger partial charge in [0.25, 0.3) is 0 Å². The molecule has 0 aliphatic rings. The molecular formula is C13H26N2O4. The first-order valence-corrected chi connectivity index (χ1v) is 6.29. The van der Waals surface area contributed by atoms with Crippen molar-refractivity contribution in [2.45, 2.75) is 52.7 Å². The van der Waals surface area contributed by atoms with Gasteiger partial charge in [-0.15, -0.1) is 0 Å². The Morgan fingerprint density at radius 3 is 2.00 bits per heavy atom. The van der Waals surface area contributed by atoms with Crippen LogP contribution in [0, 0.1) is 5.41 Å². The van der Waals surface area contributed by atoms with E-state index >= 15 is 0 Å². The molecule has 0 saturated heterocycles. The van der Waals surface area contributed by atoms with Gasteiger partial charge < -0.3 is 20.4 Å². The highest BCUT2D eigenvalue weighted by Gasteiger charge is 2.30. The molecular weight excluding hydrogens is 248 g/mol. The van der Waals surface area contributed by atoms with Gasteiger partial charge >= 0.3 is 12.0 Å². The fourth-order valence-electron chi connectivity index (χ4n) is 1.66. The van der Waals surface area contributed by atoms with E-state index in [9.17, 15) is 14.7 Å². The van der Waals surface area contributed by atoms with Crippen molar-refractivity contribution in [3.05, 3.63) is 0 Å². The zero-order chi connectivity index (χ0) is 15.4. The van der Waals surface area contributed by atoms with E-state index in [-0.39, 0.29) is 24.4 Å². The summed E-state index contributed by atoms with van der Waals surface area (Å²) in [5, 5.41) is 21.2. The average molecular weight is 274 g/mol. The number of hydrogen-bond donors (Lipinski definition) is 3. The predicted octanol–water partition coefficient (Wildman–Crippen LogP) is 1.29. The molecule has 0 rings (SSSR count). The zero-order valence-electron chi connectivity index (χ0n) is 12.6. The van der Waals surface area contributed by atoms with E-state index in [1.807, 2.05) is 20.8 Å². The topological polar surface area (TPSA) is 89.9 Å². The minimum atomic E-state index is -0.990. The molecule has 0 aromatic rings. The lowest BCUT2D eigenvalue weighted by Crippen LogP contribution is -2.51. The molecule has 0 saturated carbocycles. The third-order valence-electron chi connectivity index (χ3n) is 2.69. The molecule has 1 atom stereocenters. The SMILES string of the molecule is CN(CC(C)(C)O)C(=O)NC(CC(=O)O)C(C)(C)C. The number of aliphatic hydroxyl groups is 1. The lowest BCUT2D eigenvalue weighted by molar-refractivity contribution is -0.138. The van der Waals surface area contributed by atoms with Crippen LogP contribution in [-0.2, 0) is 4.79 Å². The Bertz CT molecular complexity index is 329. The van der Waals surface area contributed by atoms with Crippen molar-refractivity contribution < 1.29 is 19.8 Å². The standard InChI is InChI=1S/C13H26N2O4/c1-12(2,3)9(7-10(16)17)14-11(18)15(6)8-13(4,5)19/h9,19H,7-8H2,1-6H3,(H,14,18)(H,16,17). The third-order valence-corrected chi connectivity index (χ3v) is 2.69. The van der Waals surface area contributed by atoms with E-state index in [4.69, 9.17) is 5.11 Å². The number of carboxylic acids is 1. The van der Waals surface area contributed by atoms with E-state index in [0.29, 0.717) is 0 Å². The smallest absolute Gasteiger partial charge is 0.317 e. The lowest BCUT2D eigenvalue weighted by Gasteiger charge is -2.33. The third kappa shape index (κ3) is 7.66. The Morgan fingerprint density at radius 2 is 1.68 bits per heavy atom. The number of rotatable bonds is 5. The minimum Gasteiger partial charge on any atom is -0.481 e. The Hall–Kier alpha value is -1.30. The fourth-order valence-corrected chi connectivity index (χ4v) is 1.66. The van der Waals surface area contributed by atoms with Gasteiger partial charge in [-0.2, -0.15) is 0 Å². The molecule has 0 bridgehead atoms. The fraction of sp³-hybridized carbons (Fsp3) is 0.846. The lowest BCUT2D eigenvalue weighted by atomic mass is 9.85. The summed E-state index contributed by atoms with van der Waals surface area (Å²) in [5.41, 5.74) is -1.35. The number of carbonyl (C=O) groups excluding carboxylic acids is 1. The van der Waals surface area contributed by atoms with E-state index in [1.54, 1.807) is 20.9 Å². The zero-order valence-corrected chi connectivity index (χ0v) is 12.6. The number of nitrogens with one attached hydrogen (secondary N) is 1. The minimum absolute atomic E-state index is 0.133. The summed E-state index contributed by atoms with van der Waals surface area (Å²) in [5.74, 6) is -0.953. The maximum atomic E-state index is 12.0. The Balaban J connectivity index is 4.68. The van der Waals surface area contributed by atoms with Crippen molar-refractivity contribution in [3.63, 3.8) is 0 Å². The quantitative estimate of drug-likeness (QED) is 0.704. The van der Waals surface area contributed by atoms with Crippen molar-refractivity contribution in [3.8, 4) is 0 Å². The second-order valence-electron chi connectivity index (χ2n) is 6.63. The van der Waals surface area contributed by atoms with E-state index < -0.39 is 17.6 Å². The number of carbonyl (C=O) groups is 2. The molecule has 0 aliphatic carbocycles. The van der Waals surface area contributed by atoms with Crippen molar-refractivity contribution in [2.75, 3.05) is 13.6 Å². The second-order valence-corrected chi connectivity index (χ2v) is 6.63. The number of urea groups is 1. The molecule has 2 amide bonds. The predicted molar refractivity (Wildman–Crippen MR) is 73.0 cm³/mol. The number of carboxylic acid groups (broad SMARTS) is 1. The van der Waals surface area contributed by atoms with Crippen LogP contribution in [0.5, 0.6) is 0 Å². The monoisotopic (exact) mass is 274 g/mol. The Morgan fingerprint density at radius 1 is 1.21 bits per heavy atom. The first-order valence-electron chi connectivity index (χ1n) is 6.29. The molecule has 0 fully saturated rings. The van der Waals surface area contributed by atoms with Gasteiger partial charge in [0.1, 0.15) is 0 Å². The molecule has 112 valence electrons. The van der Waals surface area contributed by atoms with Crippen molar-refractivity contribution in [2.24, 2.45) is 5.41 Å². The summed E-state index contributed by atoms with van der Waals surface area (Å²) >= 11 is 0. The highest BCUT2D eigenvalue weighted by Crippen LogP contribution is 2.22. The van der Waals surface area contributed by atoms with Crippen LogP contribution in [0.15, 0.2) is 0 Å². The first kappa shape index (κ1) is 17.7. The number of amides is 2. The van der Waals surface area contributed by atoms with Gasteiger partial charge in [-0.25, -0.2) is 4.79 Å². The first-order chi connectivity index (χ1) is 8.33. The molecule has 6 heteroatoms.